The minimum absolute atomic E-state index is 0.204. The van der Waals surface area contributed by atoms with Crippen LogP contribution in [0.2, 0.25) is 0 Å². The van der Waals surface area contributed by atoms with E-state index in [4.69, 9.17) is 4.98 Å². The second-order valence-electron chi connectivity index (χ2n) is 7.38. The maximum Gasteiger partial charge on any atom is 0.221 e. The topological polar surface area (TPSA) is 89.6 Å². The lowest BCUT2D eigenvalue weighted by atomic mass is 9.93. The van der Waals surface area contributed by atoms with E-state index in [1.54, 1.807) is 10.9 Å². The highest BCUT2D eigenvalue weighted by atomic mass is 15.5. The van der Waals surface area contributed by atoms with Crippen molar-refractivity contribution in [3.05, 3.63) is 54.9 Å². The summed E-state index contributed by atoms with van der Waals surface area (Å²) >= 11 is 0. The molecular formula is C19H19N9. The van der Waals surface area contributed by atoms with Gasteiger partial charge in [0.15, 0.2) is 5.65 Å². The lowest BCUT2D eigenvalue weighted by Crippen LogP contribution is -2.31. The normalized spacial score (nSPS) is 20.9. The molecule has 9 heteroatoms. The van der Waals surface area contributed by atoms with Gasteiger partial charge in [-0.15, -0.1) is 5.10 Å². The van der Waals surface area contributed by atoms with Crippen molar-refractivity contribution in [2.45, 2.75) is 38.0 Å². The van der Waals surface area contributed by atoms with Crippen LogP contribution >= 0.6 is 0 Å². The molecule has 2 aliphatic heterocycles. The Morgan fingerprint density at radius 1 is 1.21 bits per heavy atom. The molecule has 6 rings (SSSR count). The van der Waals surface area contributed by atoms with E-state index in [0.29, 0.717) is 23.9 Å². The third-order valence-corrected chi connectivity index (χ3v) is 5.55. The largest absolute Gasteiger partial charge is 0.366 e. The van der Waals surface area contributed by atoms with Crippen molar-refractivity contribution < 1.29 is 0 Å². The zero-order valence-corrected chi connectivity index (χ0v) is 15.2. The standard InChI is InChI=1S/C19H19N9/c1-2-15(3-1)27-12-14(8-22-27)16-9-21-18-19(23-16)28(25-24-18)11-13-4-5-17-20-6-7-26(17)10-13/h4-10,12,15,17,20H,1-3,11H2. The SMILES string of the molecule is C1=CN2C=C(Cn3nnc4ncc(-c5cnn(C6CCC6)c5)nc43)C=CC2N1. The fourth-order valence-electron chi connectivity index (χ4n) is 3.72. The van der Waals surface area contributed by atoms with Crippen LogP contribution in [-0.4, -0.2) is 45.8 Å². The molecule has 3 aliphatic rings. The number of hydrogen-bond acceptors (Lipinski definition) is 7. The number of aromatic nitrogens is 7. The zero-order chi connectivity index (χ0) is 18.5. The second-order valence-corrected chi connectivity index (χ2v) is 7.38. The Labute approximate surface area is 161 Å². The summed E-state index contributed by atoms with van der Waals surface area (Å²) in [5.41, 5.74) is 4.13. The highest BCUT2D eigenvalue weighted by molar-refractivity contribution is 5.69. The Balaban J connectivity index is 1.31. The summed E-state index contributed by atoms with van der Waals surface area (Å²) < 4.78 is 3.85. The quantitative estimate of drug-likeness (QED) is 0.748. The zero-order valence-electron chi connectivity index (χ0n) is 15.2. The molecule has 0 radical (unpaired) electrons. The summed E-state index contributed by atoms with van der Waals surface area (Å²) in [6.07, 6.45) is 19.9. The van der Waals surface area contributed by atoms with Crippen molar-refractivity contribution in [3.8, 4) is 11.3 Å². The van der Waals surface area contributed by atoms with Gasteiger partial charge in [0, 0.05) is 30.4 Å². The van der Waals surface area contributed by atoms with Crippen molar-refractivity contribution in [3.63, 3.8) is 0 Å². The van der Waals surface area contributed by atoms with Crippen LogP contribution in [0.1, 0.15) is 25.3 Å². The predicted molar refractivity (Wildman–Crippen MR) is 102 cm³/mol. The van der Waals surface area contributed by atoms with Crippen LogP contribution in [-0.2, 0) is 6.54 Å². The first-order chi connectivity index (χ1) is 13.8. The highest BCUT2D eigenvalue weighted by Gasteiger charge is 2.21. The van der Waals surface area contributed by atoms with Crippen molar-refractivity contribution in [1.29, 1.82) is 0 Å². The van der Waals surface area contributed by atoms with E-state index in [1.165, 1.54) is 19.3 Å². The Morgan fingerprint density at radius 3 is 3.07 bits per heavy atom. The number of fused-ring (bicyclic) bond motifs is 2. The average molecular weight is 373 g/mol. The first-order valence-electron chi connectivity index (χ1n) is 9.53. The molecule has 1 fully saturated rings. The molecule has 140 valence electrons. The van der Waals surface area contributed by atoms with E-state index in [-0.39, 0.29) is 6.17 Å². The van der Waals surface area contributed by atoms with Crippen LogP contribution in [0.5, 0.6) is 0 Å². The van der Waals surface area contributed by atoms with E-state index in [2.05, 4.69) is 55.2 Å². The molecular weight excluding hydrogens is 354 g/mol. The van der Waals surface area contributed by atoms with Crippen LogP contribution in [0, 0.1) is 0 Å². The lowest BCUT2D eigenvalue weighted by molar-refractivity contribution is 0.289. The van der Waals surface area contributed by atoms with Gasteiger partial charge in [-0.05, 0) is 30.9 Å². The Morgan fingerprint density at radius 2 is 2.18 bits per heavy atom. The number of hydrogen-bond donors (Lipinski definition) is 1. The third kappa shape index (κ3) is 2.50. The smallest absolute Gasteiger partial charge is 0.221 e. The van der Waals surface area contributed by atoms with Crippen LogP contribution < -0.4 is 5.32 Å². The van der Waals surface area contributed by atoms with Gasteiger partial charge in [0.25, 0.3) is 0 Å². The summed E-state index contributed by atoms with van der Waals surface area (Å²) in [7, 11) is 0. The summed E-state index contributed by atoms with van der Waals surface area (Å²) in [5, 5.41) is 16.2. The van der Waals surface area contributed by atoms with Gasteiger partial charge in [0.05, 0.1) is 30.7 Å². The summed E-state index contributed by atoms with van der Waals surface area (Å²) in [6.45, 7) is 0.587. The van der Waals surface area contributed by atoms with E-state index in [9.17, 15) is 0 Å². The van der Waals surface area contributed by atoms with Crippen LogP contribution in [0.3, 0.4) is 0 Å². The molecule has 28 heavy (non-hydrogen) atoms. The number of rotatable bonds is 4. The molecule has 5 heterocycles. The molecule has 9 nitrogen and oxygen atoms in total. The first kappa shape index (κ1) is 15.6. The Bertz CT molecular complexity index is 1130. The molecule has 3 aromatic rings. The van der Waals surface area contributed by atoms with E-state index < -0.39 is 0 Å². The van der Waals surface area contributed by atoms with Crippen LogP contribution in [0.15, 0.2) is 54.9 Å². The Kier molecular flexibility index (Phi) is 3.34. The monoisotopic (exact) mass is 373 g/mol. The summed E-state index contributed by atoms with van der Waals surface area (Å²) in [5.74, 6) is 0. The molecule has 0 amide bonds. The molecule has 1 N–H and O–H groups in total. The molecule has 3 aromatic heterocycles. The minimum atomic E-state index is 0.204. The predicted octanol–water partition coefficient (Wildman–Crippen LogP) is 1.97. The molecule has 0 saturated heterocycles. The van der Waals surface area contributed by atoms with E-state index >= 15 is 0 Å². The van der Waals surface area contributed by atoms with Crippen LogP contribution in [0.25, 0.3) is 22.6 Å². The molecule has 1 saturated carbocycles. The van der Waals surface area contributed by atoms with Gasteiger partial charge in [-0.2, -0.15) is 5.10 Å². The van der Waals surface area contributed by atoms with Gasteiger partial charge in [0.2, 0.25) is 5.65 Å². The van der Waals surface area contributed by atoms with Crippen molar-refractivity contribution in [2.75, 3.05) is 0 Å². The highest BCUT2D eigenvalue weighted by Crippen LogP contribution is 2.32. The second kappa shape index (κ2) is 6.01. The maximum absolute atomic E-state index is 4.78. The maximum atomic E-state index is 4.78. The van der Waals surface area contributed by atoms with Gasteiger partial charge < -0.3 is 10.2 Å². The third-order valence-electron chi connectivity index (χ3n) is 5.55. The Hall–Kier alpha value is -3.49. The van der Waals surface area contributed by atoms with Gasteiger partial charge in [-0.25, -0.2) is 14.6 Å². The van der Waals surface area contributed by atoms with Crippen molar-refractivity contribution >= 4 is 11.3 Å². The average Bonchev–Trinajstić information content (AvgIpc) is 3.40. The molecule has 1 unspecified atom stereocenters. The van der Waals surface area contributed by atoms with Gasteiger partial charge >= 0.3 is 0 Å². The van der Waals surface area contributed by atoms with Crippen molar-refractivity contribution in [1.82, 2.24) is 45.0 Å². The molecule has 1 atom stereocenters. The molecule has 0 spiro atoms. The molecule has 0 aromatic carbocycles. The fourth-order valence-corrected chi connectivity index (χ4v) is 3.72. The number of allylic oxidation sites excluding steroid dienone is 2. The van der Waals surface area contributed by atoms with Crippen LogP contribution in [0.4, 0.5) is 0 Å². The molecule has 0 bridgehead atoms. The van der Waals surface area contributed by atoms with E-state index in [1.807, 2.05) is 23.3 Å². The van der Waals surface area contributed by atoms with Gasteiger partial charge in [-0.1, -0.05) is 11.3 Å². The number of nitrogens with zero attached hydrogens (tertiary/aromatic N) is 8. The summed E-state index contributed by atoms with van der Waals surface area (Å²) in [6, 6.07) is 0.528. The molecule has 1 aliphatic carbocycles. The first-order valence-corrected chi connectivity index (χ1v) is 9.53. The van der Waals surface area contributed by atoms with Gasteiger partial charge in [-0.3, -0.25) is 4.68 Å². The fraction of sp³-hybridized carbons (Fsp3) is 0.316. The number of nitrogens with one attached hydrogen (secondary N) is 1. The van der Waals surface area contributed by atoms with Crippen molar-refractivity contribution in [2.24, 2.45) is 0 Å². The minimum Gasteiger partial charge on any atom is -0.366 e. The summed E-state index contributed by atoms with van der Waals surface area (Å²) in [4.78, 5) is 11.4. The van der Waals surface area contributed by atoms with E-state index in [0.717, 1.165) is 16.8 Å². The lowest BCUT2D eigenvalue weighted by Gasteiger charge is -2.25. The van der Waals surface area contributed by atoms with Gasteiger partial charge in [0.1, 0.15) is 6.17 Å².